The van der Waals surface area contributed by atoms with Crippen LogP contribution < -0.4 is 9.47 Å². The maximum absolute atomic E-state index is 13.2. The van der Waals surface area contributed by atoms with E-state index < -0.39 is 9.84 Å². The van der Waals surface area contributed by atoms with Crippen LogP contribution in [0.2, 0.25) is 0 Å². The first kappa shape index (κ1) is 53.5. The molecule has 2 aromatic carbocycles. The number of rotatable bonds is 40. The molecule has 0 aliphatic carbocycles. The average molecular weight is 867 g/mol. The lowest BCUT2D eigenvalue weighted by molar-refractivity contribution is -0.145. The molecule has 0 amide bonds. The summed E-state index contributed by atoms with van der Waals surface area (Å²) in [7, 11) is -3.75. The number of carbonyl (C=O) groups is 2. The summed E-state index contributed by atoms with van der Waals surface area (Å²) < 4.78 is 48.4. The second-order valence-electron chi connectivity index (χ2n) is 16.2. The molecule has 0 fully saturated rings. The van der Waals surface area contributed by atoms with Gasteiger partial charge < -0.3 is 18.9 Å². The third kappa shape index (κ3) is 28.6. The van der Waals surface area contributed by atoms with E-state index in [2.05, 4.69) is 38.2 Å². The van der Waals surface area contributed by atoms with Gasteiger partial charge in [0.25, 0.3) is 0 Å². The molecular formula is C52H82O8S. The summed E-state index contributed by atoms with van der Waals surface area (Å²) in [5, 5.41) is 0. The topological polar surface area (TPSA) is 105 Å². The van der Waals surface area contributed by atoms with E-state index in [1.807, 2.05) is 0 Å². The molecule has 0 N–H and O–H groups in total. The summed E-state index contributed by atoms with van der Waals surface area (Å²) in [4.78, 5) is 24.5. The Kier molecular flexibility index (Phi) is 32.5. The number of benzene rings is 2. The fourth-order valence-electron chi connectivity index (χ4n) is 7.15. The first-order chi connectivity index (χ1) is 29.9. The van der Waals surface area contributed by atoms with Crippen LogP contribution >= 0.6 is 0 Å². The van der Waals surface area contributed by atoms with Crippen LogP contribution in [0.3, 0.4) is 0 Å². The van der Waals surface area contributed by atoms with E-state index in [0.29, 0.717) is 24.3 Å². The van der Waals surface area contributed by atoms with Crippen molar-refractivity contribution in [2.24, 2.45) is 0 Å². The highest BCUT2D eigenvalue weighted by Gasteiger charge is 2.18. The van der Waals surface area contributed by atoms with Crippen molar-refractivity contribution in [3.63, 3.8) is 0 Å². The number of sulfone groups is 1. The lowest BCUT2D eigenvalue weighted by Crippen LogP contribution is -2.12. The van der Waals surface area contributed by atoms with Gasteiger partial charge in [-0.05, 0) is 99.9 Å². The Bertz CT molecular complexity index is 1420. The predicted octanol–water partition coefficient (Wildman–Crippen LogP) is 14.4. The number of carbonyl (C=O) groups excluding carboxylic acids is 2. The van der Waals surface area contributed by atoms with Gasteiger partial charge in [-0.2, -0.15) is 0 Å². The number of allylic oxidation sites excluding steroid dienone is 4. The van der Waals surface area contributed by atoms with E-state index in [1.54, 1.807) is 24.3 Å². The van der Waals surface area contributed by atoms with Crippen molar-refractivity contribution < 1.29 is 37.0 Å². The van der Waals surface area contributed by atoms with Crippen LogP contribution in [-0.4, -0.2) is 46.8 Å². The van der Waals surface area contributed by atoms with Gasteiger partial charge in [0.05, 0.1) is 9.79 Å². The second-order valence-corrected chi connectivity index (χ2v) is 18.1. The molecule has 2 rings (SSSR count). The van der Waals surface area contributed by atoms with Gasteiger partial charge in [0.1, 0.15) is 37.9 Å². The van der Waals surface area contributed by atoms with Gasteiger partial charge in [-0.15, -0.1) is 0 Å². The molecule has 344 valence electrons. The van der Waals surface area contributed by atoms with E-state index in [9.17, 15) is 18.0 Å². The predicted molar refractivity (Wildman–Crippen MR) is 250 cm³/mol. The van der Waals surface area contributed by atoms with Gasteiger partial charge in [0.15, 0.2) is 0 Å². The Balaban J connectivity index is 1.47. The van der Waals surface area contributed by atoms with Crippen molar-refractivity contribution in [1.29, 1.82) is 0 Å². The molecule has 0 saturated carbocycles. The van der Waals surface area contributed by atoms with Crippen LogP contribution in [0.15, 0.2) is 82.6 Å². The van der Waals surface area contributed by atoms with E-state index in [-0.39, 0.29) is 48.2 Å². The van der Waals surface area contributed by atoms with Crippen molar-refractivity contribution in [3.05, 3.63) is 72.8 Å². The van der Waals surface area contributed by atoms with Crippen LogP contribution in [0.25, 0.3) is 0 Å². The van der Waals surface area contributed by atoms with E-state index in [4.69, 9.17) is 18.9 Å². The zero-order chi connectivity index (χ0) is 43.9. The maximum atomic E-state index is 13.2. The van der Waals surface area contributed by atoms with Crippen LogP contribution in [0.4, 0.5) is 0 Å². The molecule has 0 radical (unpaired) electrons. The molecule has 8 nitrogen and oxygen atoms in total. The van der Waals surface area contributed by atoms with Gasteiger partial charge in [-0.3, -0.25) is 9.59 Å². The van der Waals surface area contributed by atoms with Gasteiger partial charge in [0.2, 0.25) is 9.84 Å². The third-order valence-electron chi connectivity index (χ3n) is 10.8. The minimum atomic E-state index is -3.75. The molecule has 0 spiro atoms. The van der Waals surface area contributed by atoms with Crippen LogP contribution in [-0.2, 0) is 28.9 Å². The van der Waals surface area contributed by atoms with Crippen molar-refractivity contribution in [1.82, 2.24) is 0 Å². The molecule has 0 heterocycles. The Labute approximate surface area is 371 Å². The monoisotopic (exact) mass is 867 g/mol. The van der Waals surface area contributed by atoms with Crippen LogP contribution in [0, 0.1) is 0 Å². The number of hydrogen-bond donors (Lipinski definition) is 0. The van der Waals surface area contributed by atoms with Crippen LogP contribution in [0.5, 0.6) is 11.5 Å². The van der Waals surface area contributed by atoms with Crippen molar-refractivity contribution >= 4 is 21.8 Å². The van der Waals surface area contributed by atoms with E-state index >= 15 is 0 Å². The number of esters is 2. The van der Waals surface area contributed by atoms with E-state index in [0.717, 1.165) is 51.4 Å². The normalized spacial score (nSPS) is 11.7. The molecule has 0 aliphatic heterocycles. The van der Waals surface area contributed by atoms with Crippen molar-refractivity contribution in [3.8, 4) is 11.5 Å². The SMILES string of the molecule is CC/C=C/CCCCCCCCCCCCCC(=O)OCCOc1ccc(S(=O)(=O)c2ccc(OCCOC(=O)CCCCCCCCCCCCC/C=C/CC)cc2)cc1. The second kappa shape index (κ2) is 37.0. The van der Waals surface area contributed by atoms with Gasteiger partial charge >= 0.3 is 11.9 Å². The summed E-state index contributed by atoms with van der Waals surface area (Å²) >= 11 is 0. The van der Waals surface area contributed by atoms with Crippen molar-refractivity contribution in [2.75, 3.05) is 26.4 Å². The lowest BCUT2D eigenvalue weighted by Gasteiger charge is -2.10. The summed E-state index contributed by atoms with van der Waals surface area (Å²) in [6, 6.07) is 12.4. The minimum absolute atomic E-state index is 0.140. The Morgan fingerprint density at radius 3 is 1.02 bits per heavy atom. The largest absolute Gasteiger partial charge is 0.490 e. The van der Waals surface area contributed by atoms with Crippen molar-refractivity contribution in [2.45, 2.75) is 203 Å². The Morgan fingerprint density at radius 2 is 0.705 bits per heavy atom. The highest BCUT2D eigenvalue weighted by atomic mass is 32.2. The number of unbranched alkanes of at least 4 members (excludes halogenated alkanes) is 22. The summed E-state index contributed by atoms with van der Waals surface area (Å²) in [6.07, 6.45) is 41.7. The number of ether oxygens (including phenoxy) is 4. The Morgan fingerprint density at radius 1 is 0.410 bits per heavy atom. The molecule has 61 heavy (non-hydrogen) atoms. The third-order valence-corrected chi connectivity index (χ3v) is 12.6. The molecule has 0 aliphatic rings. The van der Waals surface area contributed by atoms with Gasteiger partial charge in [-0.1, -0.05) is 154 Å². The summed E-state index contributed by atoms with van der Waals surface area (Å²) in [6.45, 7) is 5.02. The summed E-state index contributed by atoms with van der Waals surface area (Å²) in [5.41, 5.74) is 0. The molecule has 0 bridgehead atoms. The van der Waals surface area contributed by atoms with E-state index in [1.165, 1.54) is 140 Å². The standard InChI is InChI=1S/C52H82O8S/c1-3-5-7-9-11-13-15-17-19-21-23-25-27-29-31-33-51(53)59-45-43-57-47-35-39-49(40-36-47)61(55,56)50-41-37-48(38-42-50)58-44-46-60-52(54)34-32-30-28-26-24-22-20-18-16-14-12-10-8-6-4-2/h5-8,35-42H,3-4,9-34,43-46H2,1-2H3/b7-5+,8-6+. The molecule has 2 aromatic rings. The fourth-order valence-corrected chi connectivity index (χ4v) is 8.42. The lowest BCUT2D eigenvalue weighted by atomic mass is 10.0. The smallest absolute Gasteiger partial charge is 0.305 e. The first-order valence-electron chi connectivity index (χ1n) is 24.2. The molecule has 9 heteroatoms. The van der Waals surface area contributed by atoms with Crippen LogP contribution in [0.1, 0.15) is 194 Å². The van der Waals surface area contributed by atoms with Gasteiger partial charge in [-0.25, -0.2) is 8.42 Å². The molecule has 0 saturated heterocycles. The zero-order valence-electron chi connectivity index (χ0n) is 38.2. The summed E-state index contributed by atoms with van der Waals surface area (Å²) in [5.74, 6) is 0.560. The molecular weight excluding hydrogens is 785 g/mol. The molecule has 0 aromatic heterocycles. The zero-order valence-corrected chi connectivity index (χ0v) is 39.0. The molecule has 0 atom stereocenters. The average Bonchev–Trinajstić information content (AvgIpc) is 3.27. The number of hydrogen-bond acceptors (Lipinski definition) is 8. The first-order valence-corrected chi connectivity index (χ1v) is 25.7. The Hall–Kier alpha value is -3.59. The maximum Gasteiger partial charge on any atom is 0.305 e. The highest BCUT2D eigenvalue weighted by molar-refractivity contribution is 7.91. The quantitative estimate of drug-likeness (QED) is 0.0370. The minimum Gasteiger partial charge on any atom is -0.490 e. The van der Waals surface area contributed by atoms with Gasteiger partial charge in [0, 0.05) is 12.8 Å². The fraction of sp³-hybridized carbons (Fsp3) is 0.654. The molecule has 0 unspecified atom stereocenters. The highest BCUT2D eigenvalue weighted by Crippen LogP contribution is 2.25.